The monoisotopic (exact) mass is 377 g/mol. The van der Waals surface area contributed by atoms with Crippen LogP contribution in [0.1, 0.15) is 15.9 Å². The molecule has 0 saturated carbocycles. The van der Waals surface area contributed by atoms with Crippen LogP contribution < -0.4 is 14.2 Å². The average Bonchev–Trinajstić information content (AvgIpc) is 2.99. The molecule has 5 heteroatoms. The van der Waals surface area contributed by atoms with Gasteiger partial charge < -0.3 is 19.1 Å². The Bertz CT molecular complexity index is 1070. The molecule has 0 atom stereocenters. The van der Waals surface area contributed by atoms with Gasteiger partial charge in [-0.15, -0.1) is 0 Å². The summed E-state index contributed by atoms with van der Waals surface area (Å²) in [7, 11) is 7.25. The van der Waals surface area contributed by atoms with E-state index in [-0.39, 0.29) is 5.78 Å². The highest BCUT2D eigenvalue weighted by Crippen LogP contribution is 2.46. The molecule has 1 aliphatic carbocycles. The number of likely N-dealkylation sites (N-methyl/N-ethyl adjacent to an activating group) is 1. The maximum atomic E-state index is 13.1. The Morgan fingerprint density at radius 3 is 2.25 bits per heavy atom. The summed E-state index contributed by atoms with van der Waals surface area (Å²) in [6, 6.07) is 13.4. The van der Waals surface area contributed by atoms with E-state index in [1.807, 2.05) is 50.5 Å². The van der Waals surface area contributed by atoms with Crippen LogP contribution in [0.5, 0.6) is 17.2 Å². The zero-order chi connectivity index (χ0) is 19.8. The number of hydrogen-bond acceptors (Lipinski definition) is 5. The molecule has 0 heterocycles. The van der Waals surface area contributed by atoms with Crippen molar-refractivity contribution in [2.24, 2.45) is 0 Å². The second-order valence-electron chi connectivity index (χ2n) is 7.10. The fraction of sp³-hybridized carbons (Fsp3) is 0.261. The number of fused-ring (bicyclic) bond motifs is 5. The zero-order valence-corrected chi connectivity index (χ0v) is 16.5. The molecule has 0 unspecified atom stereocenters. The van der Waals surface area contributed by atoms with E-state index in [4.69, 9.17) is 14.2 Å². The summed E-state index contributed by atoms with van der Waals surface area (Å²) in [4.78, 5) is 15.2. The number of carbonyl (C=O) groups is 1. The molecule has 0 N–H and O–H groups in total. The number of benzene rings is 3. The molecule has 0 saturated heterocycles. The quantitative estimate of drug-likeness (QED) is 0.508. The van der Waals surface area contributed by atoms with Gasteiger partial charge in [0.25, 0.3) is 0 Å². The smallest absolute Gasteiger partial charge is 0.194 e. The summed E-state index contributed by atoms with van der Waals surface area (Å²) in [5.41, 5.74) is 3.20. The molecular weight excluding hydrogens is 354 g/mol. The third-order valence-electron chi connectivity index (χ3n) is 5.09. The molecule has 0 aliphatic heterocycles. The molecule has 1 aliphatic rings. The Balaban J connectivity index is 1.91. The van der Waals surface area contributed by atoms with Crippen molar-refractivity contribution >= 4 is 16.6 Å². The molecular formula is C23H23NO4. The van der Waals surface area contributed by atoms with Crippen LogP contribution in [0, 0.1) is 0 Å². The van der Waals surface area contributed by atoms with E-state index in [9.17, 15) is 4.79 Å². The lowest BCUT2D eigenvalue weighted by atomic mass is 9.97. The summed E-state index contributed by atoms with van der Waals surface area (Å²) in [5.74, 6) is 2.12. The van der Waals surface area contributed by atoms with E-state index in [1.165, 1.54) is 0 Å². The second kappa shape index (κ2) is 7.17. The molecule has 3 aromatic carbocycles. The predicted molar refractivity (Wildman–Crippen MR) is 110 cm³/mol. The van der Waals surface area contributed by atoms with E-state index in [1.54, 1.807) is 20.3 Å². The van der Waals surface area contributed by atoms with Crippen LogP contribution in [-0.4, -0.2) is 52.1 Å². The van der Waals surface area contributed by atoms with Crippen molar-refractivity contribution in [3.63, 3.8) is 0 Å². The van der Waals surface area contributed by atoms with Gasteiger partial charge in [0.1, 0.15) is 23.9 Å². The van der Waals surface area contributed by atoms with E-state index < -0.39 is 0 Å². The van der Waals surface area contributed by atoms with Crippen molar-refractivity contribution in [1.82, 2.24) is 4.90 Å². The van der Waals surface area contributed by atoms with Crippen LogP contribution in [0.3, 0.4) is 0 Å². The topological polar surface area (TPSA) is 48.0 Å². The van der Waals surface area contributed by atoms with Gasteiger partial charge >= 0.3 is 0 Å². The minimum absolute atomic E-state index is 0.000854. The summed E-state index contributed by atoms with van der Waals surface area (Å²) in [6.07, 6.45) is 0. The van der Waals surface area contributed by atoms with Crippen molar-refractivity contribution in [1.29, 1.82) is 0 Å². The van der Waals surface area contributed by atoms with Crippen LogP contribution in [0.2, 0.25) is 0 Å². The third kappa shape index (κ3) is 2.98. The van der Waals surface area contributed by atoms with Crippen LogP contribution in [-0.2, 0) is 0 Å². The van der Waals surface area contributed by atoms with Gasteiger partial charge in [-0.25, -0.2) is 0 Å². The molecule has 0 radical (unpaired) electrons. The molecule has 0 amide bonds. The SMILES string of the molecule is COc1ccc2c(c1)C(=O)c1cc(OCCN(C)C)c3cc(OC)ccc3c1-2. The molecule has 0 spiro atoms. The maximum Gasteiger partial charge on any atom is 0.194 e. The minimum Gasteiger partial charge on any atom is -0.497 e. The standard InChI is InChI=1S/C23H23NO4/c1-24(2)9-10-28-21-13-20-22(16-7-5-14(26-3)11-18(16)21)17-8-6-15(27-4)12-19(17)23(20)25/h5-8,11-13H,9-10H2,1-4H3. The van der Waals surface area contributed by atoms with Crippen molar-refractivity contribution in [2.45, 2.75) is 0 Å². The van der Waals surface area contributed by atoms with Crippen molar-refractivity contribution in [2.75, 3.05) is 41.5 Å². The number of rotatable bonds is 6. The highest BCUT2D eigenvalue weighted by molar-refractivity contribution is 6.26. The first-order chi connectivity index (χ1) is 13.5. The first kappa shape index (κ1) is 18.3. The average molecular weight is 377 g/mol. The molecule has 4 rings (SSSR count). The molecule has 3 aromatic rings. The van der Waals surface area contributed by atoms with Gasteiger partial charge in [-0.05, 0) is 67.5 Å². The summed E-state index contributed by atoms with van der Waals surface area (Å²) in [6.45, 7) is 1.32. The van der Waals surface area contributed by atoms with Crippen LogP contribution in [0.25, 0.3) is 21.9 Å². The molecule has 0 bridgehead atoms. The summed E-state index contributed by atoms with van der Waals surface area (Å²) < 4.78 is 16.8. The van der Waals surface area contributed by atoms with Crippen LogP contribution in [0.15, 0.2) is 42.5 Å². The number of methoxy groups -OCH3 is 2. The van der Waals surface area contributed by atoms with Gasteiger partial charge in [0.2, 0.25) is 0 Å². The van der Waals surface area contributed by atoms with Gasteiger partial charge in [-0.3, -0.25) is 4.79 Å². The number of ether oxygens (including phenoxy) is 3. The molecule has 5 nitrogen and oxygen atoms in total. The Hall–Kier alpha value is -3.05. The van der Waals surface area contributed by atoms with Crippen LogP contribution in [0.4, 0.5) is 0 Å². The summed E-state index contributed by atoms with van der Waals surface area (Å²) >= 11 is 0. The van der Waals surface area contributed by atoms with Gasteiger partial charge in [0.15, 0.2) is 5.78 Å². The number of carbonyl (C=O) groups excluding carboxylic acids is 1. The number of nitrogens with zero attached hydrogens (tertiary/aromatic N) is 1. The predicted octanol–water partition coefficient (Wildman–Crippen LogP) is 4.01. The Kier molecular flexibility index (Phi) is 4.69. The molecule has 0 aromatic heterocycles. The fourth-order valence-electron chi connectivity index (χ4n) is 3.63. The molecule has 28 heavy (non-hydrogen) atoms. The normalized spacial score (nSPS) is 12.2. The van der Waals surface area contributed by atoms with Crippen molar-refractivity contribution in [3.05, 3.63) is 53.6 Å². The van der Waals surface area contributed by atoms with E-state index >= 15 is 0 Å². The van der Waals surface area contributed by atoms with Gasteiger partial charge in [-0.2, -0.15) is 0 Å². The lowest BCUT2D eigenvalue weighted by Crippen LogP contribution is -2.19. The minimum atomic E-state index is -0.000854. The Morgan fingerprint density at radius 2 is 1.54 bits per heavy atom. The summed E-state index contributed by atoms with van der Waals surface area (Å²) in [5, 5.41) is 1.92. The lowest BCUT2D eigenvalue weighted by Gasteiger charge is -2.16. The Labute approximate surface area is 164 Å². The largest absolute Gasteiger partial charge is 0.497 e. The van der Waals surface area contributed by atoms with Crippen molar-refractivity contribution < 1.29 is 19.0 Å². The zero-order valence-electron chi connectivity index (χ0n) is 16.5. The first-order valence-electron chi connectivity index (χ1n) is 9.19. The van der Waals surface area contributed by atoms with Crippen LogP contribution >= 0.6 is 0 Å². The Morgan fingerprint density at radius 1 is 0.821 bits per heavy atom. The highest BCUT2D eigenvalue weighted by Gasteiger charge is 2.30. The third-order valence-corrected chi connectivity index (χ3v) is 5.09. The van der Waals surface area contributed by atoms with E-state index in [2.05, 4.69) is 4.90 Å². The molecule has 144 valence electrons. The highest BCUT2D eigenvalue weighted by atomic mass is 16.5. The molecule has 0 fully saturated rings. The van der Waals surface area contributed by atoms with Gasteiger partial charge in [0, 0.05) is 28.6 Å². The van der Waals surface area contributed by atoms with Gasteiger partial charge in [-0.1, -0.05) is 0 Å². The number of hydrogen-bond donors (Lipinski definition) is 0. The van der Waals surface area contributed by atoms with Gasteiger partial charge in [0.05, 0.1) is 14.2 Å². The first-order valence-corrected chi connectivity index (χ1v) is 9.19. The second-order valence-corrected chi connectivity index (χ2v) is 7.10. The van der Waals surface area contributed by atoms with E-state index in [0.29, 0.717) is 29.2 Å². The fourth-order valence-corrected chi connectivity index (χ4v) is 3.63. The maximum absolute atomic E-state index is 13.1. The van der Waals surface area contributed by atoms with Crippen molar-refractivity contribution in [3.8, 4) is 28.4 Å². The van der Waals surface area contributed by atoms with E-state index in [0.717, 1.165) is 34.2 Å². The lowest BCUT2D eigenvalue weighted by molar-refractivity contribution is 0.104. The number of ketones is 1.